The summed E-state index contributed by atoms with van der Waals surface area (Å²) >= 11 is 5.87. The van der Waals surface area contributed by atoms with Crippen LogP contribution in [0.3, 0.4) is 0 Å². The average Bonchev–Trinajstić information content (AvgIpc) is 3.18. The second-order valence-corrected chi connectivity index (χ2v) is 7.36. The number of hydrogen-bond donors (Lipinski definition) is 0. The van der Waals surface area contributed by atoms with Crippen LogP contribution in [0.25, 0.3) is 0 Å². The number of halogens is 1. The van der Waals surface area contributed by atoms with Crippen molar-refractivity contribution < 1.29 is 9.53 Å². The van der Waals surface area contributed by atoms with Gasteiger partial charge in [-0.2, -0.15) is 5.10 Å². The van der Waals surface area contributed by atoms with E-state index in [9.17, 15) is 4.79 Å². The first-order valence-corrected chi connectivity index (χ1v) is 9.85. The SMILES string of the molecule is O=C(c1cccc(OCn2cc(Cl)cn2)c1)N1CCCC[C@H]1c1ccccc1. The van der Waals surface area contributed by atoms with Gasteiger partial charge in [0.25, 0.3) is 5.91 Å². The highest BCUT2D eigenvalue weighted by molar-refractivity contribution is 6.30. The Morgan fingerprint density at radius 1 is 1.14 bits per heavy atom. The van der Waals surface area contributed by atoms with E-state index in [4.69, 9.17) is 16.3 Å². The summed E-state index contributed by atoms with van der Waals surface area (Å²) in [5.74, 6) is 0.673. The molecule has 28 heavy (non-hydrogen) atoms. The lowest BCUT2D eigenvalue weighted by Gasteiger charge is -2.36. The lowest BCUT2D eigenvalue weighted by Crippen LogP contribution is -2.38. The second kappa shape index (κ2) is 8.48. The molecule has 1 aliphatic rings. The van der Waals surface area contributed by atoms with E-state index in [0.29, 0.717) is 16.3 Å². The summed E-state index contributed by atoms with van der Waals surface area (Å²) in [6.07, 6.45) is 6.41. The molecule has 1 aliphatic heterocycles. The van der Waals surface area contributed by atoms with Gasteiger partial charge in [0.2, 0.25) is 0 Å². The highest BCUT2D eigenvalue weighted by Crippen LogP contribution is 2.32. The summed E-state index contributed by atoms with van der Waals surface area (Å²) in [4.78, 5) is 15.2. The molecule has 0 N–H and O–H groups in total. The quantitative estimate of drug-likeness (QED) is 0.614. The van der Waals surface area contributed by atoms with Gasteiger partial charge in [-0.1, -0.05) is 48.0 Å². The van der Waals surface area contributed by atoms with Gasteiger partial charge >= 0.3 is 0 Å². The Morgan fingerprint density at radius 3 is 2.79 bits per heavy atom. The summed E-state index contributed by atoms with van der Waals surface area (Å²) in [6.45, 7) is 1.01. The third-order valence-corrected chi connectivity index (χ3v) is 5.19. The van der Waals surface area contributed by atoms with Crippen molar-refractivity contribution in [2.45, 2.75) is 32.0 Å². The standard InChI is InChI=1S/C22H22ClN3O2/c23-19-14-24-25(15-19)16-28-20-10-6-9-18(13-20)22(27)26-12-5-4-11-21(26)17-7-2-1-3-8-17/h1-3,6-10,13-15,21H,4-5,11-12,16H2/t21-/m0/s1. The Kier molecular flexibility index (Phi) is 5.63. The van der Waals surface area contributed by atoms with Crippen molar-refractivity contribution in [3.8, 4) is 5.75 Å². The molecule has 1 atom stereocenters. The van der Waals surface area contributed by atoms with Crippen LogP contribution in [0.5, 0.6) is 5.75 Å². The van der Waals surface area contributed by atoms with E-state index in [-0.39, 0.29) is 18.7 Å². The van der Waals surface area contributed by atoms with Crippen LogP contribution in [0.2, 0.25) is 5.02 Å². The molecule has 1 fully saturated rings. The fourth-order valence-electron chi connectivity index (χ4n) is 3.63. The Labute approximate surface area is 169 Å². The highest BCUT2D eigenvalue weighted by Gasteiger charge is 2.28. The van der Waals surface area contributed by atoms with Crippen molar-refractivity contribution in [1.82, 2.24) is 14.7 Å². The van der Waals surface area contributed by atoms with Crippen LogP contribution >= 0.6 is 11.6 Å². The number of nitrogens with zero attached hydrogens (tertiary/aromatic N) is 3. The molecule has 0 spiro atoms. The summed E-state index contributed by atoms with van der Waals surface area (Å²) in [7, 11) is 0. The van der Waals surface area contributed by atoms with Crippen LogP contribution < -0.4 is 4.74 Å². The number of amides is 1. The number of carbonyl (C=O) groups excluding carboxylic acids is 1. The maximum atomic E-state index is 13.2. The van der Waals surface area contributed by atoms with Crippen molar-refractivity contribution in [2.24, 2.45) is 0 Å². The number of benzene rings is 2. The number of aromatic nitrogens is 2. The lowest BCUT2D eigenvalue weighted by atomic mass is 9.94. The zero-order chi connectivity index (χ0) is 19.3. The van der Waals surface area contributed by atoms with Crippen molar-refractivity contribution in [3.05, 3.63) is 83.1 Å². The topological polar surface area (TPSA) is 47.4 Å². The molecule has 0 unspecified atom stereocenters. The van der Waals surface area contributed by atoms with E-state index in [2.05, 4.69) is 17.2 Å². The molecule has 6 heteroatoms. The van der Waals surface area contributed by atoms with E-state index in [1.165, 1.54) is 5.56 Å². The predicted octanol–water partition coefficient (Wildman–Crippen LogP) is 4.94. The molecule has 5 nitrogen and oxygen atoms in total. The normalized spacial score (nSPS) is 16.8. The Hall–Kier alpha value is -2.79. The van der Waals surface area contributed by atoms with Crippen LogP contribution in [0.15, 0.2) is 67.0 Å². The molecule has 0 saturated carbocycles. The number of ether oxygens (including phenoxy) is 1. The minimum Gasteiger partial charge on any atom is -0.471 e. The number of carbonyl (C=O) groups is 1. The van der Waals surface area contributed by atoms with Crippen LogP contribution in [0.1, 0.15) is 41.2 Å². The summed E-state index contributed by atoms with van der Waals surface area (Å²) < 4.78 is 7.37. The first kappa shape index (κ1) is 18.6. The molecular weight excluding hydrogens is 374 g/mol. The van der Waals surface area contributed by atoms with Crippen molar-refractivity contribution in [1.29, 1.82) is 0 Å². The Balaban J connectivity index is 1.50. The lowest BCUT2D eigenvalue weighted by molar-refractivity contribution is 0.0611. The molecule has 1 amide bonds. The molecule has 2 aromatic carbocycles. The zero-order valence-electron chi connectivity index (χ0n) is 15.5. The van der Waals surface area contributed by atoms with Gasteiger partial charge in [-0.05, 0) is 43.0 Å². The number of likely N-dealkylation sites (tertiary alicyclic amines) is 1. The van der Waals surface area contributed by atoms with Gasteiger partial charge in [-0.15, -0.1) is 0 Å². The van der Waals surface area contributed by atoms with E-state index >= 15 is 0 Å². The van der Waals surface area contributed by atoms with Crippen molar-refractivity contribution in [3.63, 3.8) is 0 Å². The molecule has 2 heterocycles. The van der Waals surface area contributed by atoms with Crippen LogP contribution in [-0.2, 0) is 6.73 Å². The fraction of sp³-hybridized carbons (Fsp3) is 0.273. The predicted molar refractivity (Wildman–Crippen MR) is 108 cm³/mol. The molecule has 1 saturated heterocycles. The Bertz CT molecular complexity index is 942. The first-order valence-electron chi connectivity index (χ1n) is 9.47. The maximum Gasteiger partial charge on any atom is 0.254 e. The largest absolute Gasteiger partial charge is 0.471 e. The molecule has 3 aromatic rings. The van der Waals surface area contributed by atoms with Gasteiger partial charge in [-0.25, -0.2) is 4.68 Å². The zero-order valence-corrected chi connectivity index (χ0v) is 16.3. The fourth-order valence-corrected chi connectivity index (χ4v) is 3.79. The smallest absolute Gasteiger partial charge is 0.254 e. The van der Waals surface area contributed by atoms with Crippen LogP contribution in [0, 0.1) is 0 Å². The second-order valence-electron chi connectivity index (χ2n) is 6.92. The van der Waals surface area contributed by atoms with Gasteiger partial charge in [0.1, 0.15) is 5.75 Å². The van der Waals surface area contributed by atoms with Gasteiger partial charge in [0.15, 0.2) is 6.73 Å². The summed E-state index contributed by atoms with van der Waals surface area (Å²) in [5.41, 5.74) is 1.83. The minimum absolute atomic E-state index is 0.0427. The summed E-state index contributed by atoms with van der Waals surface area (Å²) in [6, 6.07) is 17.7. The molecular formula is C22H22ClN3O2. The van der Waals surface area contributed by atoms with Gasteiger partial charge in [0, 0.05) is 18.3 Å². The number of hydrogen-bond acceptors (Lipinski definition) is 3. The highest BCUT2D eigenvalue weighted by atomic mass is 35.5. The van der Waals surface area contributed by atoms with E-state index in [0.717, 1.165) is 25.8 Å². The molecule has 1 aromatic heterocycles. The van der Waals surface area contributed by atoms with Crippen molar-refractivity contribution >= 4 is 17.5 Å². The molecule has 4 rings (SSSR count). The van der Waals surface area contributed by atoms with Gasteiger partial charge in [-0.3, -0.25) is 4.79 Å². The van der Waals surface area contributed by atoms with E-state index in [1.54, 1.807) is 23.1 Å². The average molecular weight is 396 g/mol. The monoisotopic (exact) mass is 395 g/mol. The minimum atomic E-state index is 0.0427. The number of piperidine rings is 1. The molecule has 144 valence electrons. The van der Waals surface area contributed by atoms with Crippen LogP contribution in [-0.4, -0.2) is 27.1 Å². The molecule has 0 aliphatic carbocycles. The van der Waals surface area contributed by atoms with Gasteiger partial charge < -0.3 is 9.64 Å². The van der Waals surface area contributed by atoms with Gasteiger partial charge in [0.05, 0.1) is 17.3 Å². The summed E-state index contributed by atoms with van der Waals surface area (Å²) in [5, 5.41) is 4.65. The van der Waals surface area contributed by atoms with Crippen LogP contribution in [0.4, 0.5) is 0 Å². The molecule has 0 bridgehead atoms. The third-order valence-electron chi connectivity index (χ3n) is 4.99. The van der Waals surface area contributed by atoms with Crippen molar-refractivity contribution in [2.75, 3.05) is 6.54 Å². The third kappa shape index (κ3) is 4.20. The van der Waals surface area contributed by atoms with E-state index < -0.39 is 0 Å². The Morgan fingerprint density at radius 2 is 2.00 bits per heavy atom. The number of rotatable bonds is 5. The molecule has 0 radical (unpaired) electrons. The van der Waals surface area contributed by atoms with E-state index in [1.807, 2.05) is 41.3 Å². The maximum absolute atomic E-state index is 13.2. The first-order chi connectivity index (χ1) is 13.7.